The summed E-state index contributed by atoms with van der Waals surface area (Å²) in [5.41, 5.74) is 0. The van der Waals surface area contributed by atoms with E-state index in [0.29, 0.717) is 28.2 Å². The van der Waals surface area contributed by atoms with E-state index in [1.165, 1.54) is 25.8 Å². The molecule has 6 nitrogen and oxygen atoms in total. The van der Waals surface area contributed by atoms with E-state index in [4.69, 9.17) is 21.1 Å². The maximum atomic E-state index is 5.82. The second kappa shape index (κ2) is 5.50. The number of aromatic nitrogens is 3. The van der Waals surface area contributed by atoms with Crippen molar-refractivity contribution in [3.05, 3.63) is 29.8 Å². The smallest absolute Gasteiger partial charge is 0.268 e. The van der Waals surface area contributed by atoms with Crippen LogP contribution in [0.5, 0.6) is 17.4 Å². The van der Waals surface area contributed by atoms with Crippen LogP contribution in [0, 0.1) is 0 Å². The Balaban J connectivity index is 2.34. The predicted molar refractivity (Wildman–Crippen MR) is 67.5 cm³/mol. The van der Waals surface area contributed by atoms with Gasteiger partial charge in [-0.25, -0.2) is 4.98 Å². The molecule has 0 unspecified atom stereocenters. The second-order valence-corrected chi connectivity index (χ2v) is 3.69. The Labute approximate surface area is 109 Å². The molecule has 1 N–H and O–H groups in total. The van der Waals surface area contributed by atoms with E-state index >= 15 is 0 Å². The molecule has 94 valence electrons. The van der Waals surface area contributed by atoms with Gasteiger partial charge in [-0.15, -0.1) is 0 Å². The van der Waals surface area contributed by atoms with Crippen LogP contribution in [-0.4, -0.2) is 29.1 Å². The molecule has 0 aliphatic heterocycles. The van der Waals surface area contributed by atoms with Gasteiger partial charge in [0.05, 0.1) is 18.3 Å². The standard InChI is InChI=1S/C11H11ClN4O2/c1-13-10-9(17-2)11(16-6-15-10)18-8-3-7(12)4-14-5-8/h3-6H,1-2H3,(H,13,15,16). The number of nitrogens with one attached hydrogen (secondary N) is 1. The molecule has 0 saturated heterocycles. The Kier molecular flexibility index (Phi) is 3.78. The zero-order chi connectivity index (χ0) is 13.0. The van der Waals surface area contributed by atoms with E-state index in [9.17, 15) is 0 Å². The lowest BCUT2D eigenvalue weighted by molar-refractivity contribution is 0.368. The maximum Gasteiger partial charge on any atom is 0.268 e. The number of anilines is 1. The monoisotopic (exact) mass is 266 g/mol. The second-order valence-electron chi connectivity index (χ2n) is 3.25. The van der Waals surface area contributed by atoms with Crippen LogP contribution in [0.4, 0.5) is 5.82 Å². The Bertz CT molecular complexity index is 550. The highest BCUT2D eigenvalue weighted by Gasteiger charge is 2.13. The topological polar surface area (TPSA) is 69.2 Å². The largest absolute Gasteiger partial charge is 0.489 e. The highest BCUT2D eigenvalue weighted by Crippen LogP contribution is 2.33. The van der Waals surface area contributed by atoms with Gasteiger partial charge in [0.2, 0.25) is 5.75 Å². The number of ether oxygens (including phenoxy) is 2. The van der Waals surface area contributed by atoms with Gasteiger partial charge >= 0.3 is 0 Å². The first-order chi connectivity index (χ1) is 8.74. The van der Waals surface area contributed by atoms with Crippen LogP contribution in [0.15, 0.2) is 24.8 Å². The number of nitrogens with zero attached hydrogens (tertiary/aromatic N) is 3. The van der Waals surface area contributed by atoms with Gasteiger partial charge in [0.25, 0.3) is 5.88 Å². The molecule has 2 heterocycles. The first-order valence-electron chi connectivity index (χ1n) is 5.09. The molecule has 0 aromatic carbocycles. The van der Waals surface area contributed by atoms with E-state index in [1.807, 2.05) is 0 Å². The molecule has 2 aromatic heterocycles. The van der Waals surface area contributed by atoms with Gasteiger partial charge in [-0.1, -0.05) is 11.6 Å². The molecule has 18 heavy (non-hydrogen) atoms. The average Bonchev–Trinajstić information content (AvgIpc) is 2.38. The zero-order valence-electron chi connectivity index (χ0n) is 9.85. The molecule has 2 rings (SSSR count). The minimum Gasteiger partial charge on any atom is -0.489 e. The van der Waals surface area contributed by atoms with Crippen LogP contribution in [0.25, 0.3) is 0 Å². The van der Waals surface area contributed by atoms with Gasteiger partial charge in [-0.2, -0.15) is 4.98 Å². The SMILES string of the molecule is CNc1ncnc(Oc2cncc(Cl)c2)c1OC. The van der Waals surface area contributed by atoms with E-state index < -0.39 is 0 Å². The summed E-state index contributed by atoms with van der Waals surface area (Å²) in [6.07, 6.45) is 4.43. The fourth-order valence-electron chi connectivity index (χ4n) is 1.35. The molecule has 0 atom stereocenters. The zero-order valence-corrected chi connectivity index (χ0v) is 10.6. The molecule has 0 bridgehead atoms. The van der Waals surface area contributed by atoms with Gasteiger partial charge in [0, 0.05) is 19.3 Å². The summed E-state index contributed by atoms with van der Waals surface area (Å²) < 4.78 is 10.8. The summed E-state index contributed by atoms with van der Waals surface area (Å²) in [5, 5.41) is 3.37. The Hall–Kier alpha value is -2.08. The fourth-order valence-corrected chi connectivity index (χ4v) is 1.52. The van der Waals surface area contributed by atoms with Crippen LogP contribution < -0.4 is 14.8 Å². The molecule has 0 fully saturated rings. The molecule has 7 heteroatoms. The van der Waals surface area contributed by atoms with Crippen molar-refractivity contribution >= 4 is 17.4 Å². The van der Waals surface area contributed by atoms with E-state index in [0.717, 1.165) is 0 Å². The van der Waals surface area contributed by atoms with Crippen molar-refractivity contribution < 1.29 is 9.47 Å². The molecule has 0 aliphatic rings. The third-order valence-electron chi connectivity index (χ3n) is 2.11. The van der Waals surface area contributed by atoms with Gasteiger partial charge in [-0.05, 0) is 0 Å². The number of hydrogen-bond donors (Lipinski definition) is 1. The van der Waals surface area contributed by atoms with Gasteiger partial charge < -0.3 is 14.8 Å². The molecule has 2 aromatic rings. The maximum absolute atomic E-state index is 5.82. The van der Waals surface area contributed by atoms with E-state index in [2.05, 4.69) is 20.3 Å². The van der Waals surface area contributed by atoms with E-state index in [1.54, 1.807) is 13.1 Å². The van der Waals surface area contributed by atoms with Crippen LogP contribution in [0.2, 0.25) is 5.02 Å². The predicted octanol–water partition coefficient (Wildman–Crippen LogP) is 2.37. The van der Waals surface area contributed by atoms with Crippen LogP contribution >= 0.6 is 11.6 Å². The molecule has 0 saturated carbocycles. The lowest BCUT2D eigenvalue weighted by Crippen LogP contribution is -2.01. The van der Waals surface area contributed by atoms with Crippen molar-refractivity contribution in [1.82, 2.24) is 15.0 Å². The van der Waals surface area contributed by atoms with Crippen LogP contribution in [0.3, 0.4) is 0 Å². The van der Waals surface area contributed by atoms with Crippen molar-refractivity contribution in [3.63, 3.8) is 0 Å². The van der Waals surface area contributed by atoms with Gasteiger partial charge in [0.15, 0.2) is 5.82 Å². The van der Waals surface area contributed by atoms with Crippen molar-refractivity contribution in [1.29, 1.82) is 0 Å². The van der Waals surface area contributed by atoms with Crippen molar-refractivity contribution in [2.45, 2.75) is 0 Å². The first kappa shape index (κ1) is 12.4. The number of rotatable bonds is 4. The number of pyridine rings is 1. The van der Waals surface area contributed by atoms with E-state index in [-0.39, 0.29) is 0 Å². The fraction of sp³-hybridized carbons (Fsp3) is 0.182. The van der Waals surface area contributed by atoms with Gasteiger partial charge in [-0.3, -0.25) is 4.98 Å². The van der Waals surface area contributed by atoms with Crippen LogP contribution in [-0.2, 0) is 0 Å². The summed E-state index contributed by atoms with van der Waals surface area (Å²) in [4.78, 5) is 12.0. The van der Waals surface area contributed by atoms with Crippen LogP contribution in [0.1, 0.15) is 0 Å². The summed E-state index contributed by atoms with van der Waals surface area (Å²) in [5.74, 6) is 1.72. The Morgan fingerprint density at radius 3 is 2.78 bits per heavy atom. The summed E-state index contributed by atoms with van der Waals surface area (Å²) in [6.45, 7) is 0. The third-order valence-corrected chi connectivity index (χ3v) is 2.31. The normalized spacial score (nSPS) is 9.94. The Morgan fingerprint density at radius 1 is 1.28 bits per heavy atom. The highest BCUT2D eigenvalue weighted by molar-refractivity contribution is 6.30. The molecular formula is C11H11ClN4O2. The van der Waals surface area contributed by atoms with Gasteiger partial charge in [0.1, 0.15) is 12.1 Å². The Morgan fingerprint density at radius 2 is 2.11 bits per heavy atom. The molecule has 0 aliphatic carbocycles. The minimum absolute atomic E-state index is 0.293. The molecular weight excluding hydrogens is 256 g/mol. The van der Waals surface area contributed by atoms with Crippen molar-refractivity contribution in [3.8, 4) is 17.4 Å². The molecule has 0 spiro atoms. The quantitative estimate of drug-likeness (QED) is 0.916. The lowest BCUT2D eigenvalue weighted by atomic mass is 10.4. The van der Waals surface area contributed by atoms with Crippen molar-refractivity contribution in [2.24, 2.45) is 0 Å². The molecule has 0 radical (unpaired) electrons. The number of hydrogen-bond acceptors (Lipinski definition) is 6. The lowest BCUT2D eigenvalue weighted by Gasteiger charge is -2.11. The summed E-state index contributed by atoms with van der Waals surface area (Å²) in [6, 6.07) is 1.63. The number of methoxy groups -OCH3 is 1. The molecule has 0 amide bonds. The summed E-state index contributed by atoms with van der Waals surface area (Å²) in [7, 11) is 3.25. The highest BCUT2D eigenvalue weighted by atomic mass is 35.5. The average molecular weight is 267 g/mol. The van der Waals surface area contributed by atoms with Crippen molar-refractivity contribution in [2.75, 3.05) is 19.5 Å². The first-order valence-corrected chi connectivity index (χ1v) is 5.47. The third kappa shape index (κ3) is 2.60. The number of halogens is 1. The summed E-state index contributed by atoms with van der Waals surface area (Å²) >= 11 is 5.82. The minimum atomic E-state index is 0.293.